The zero-order chi connectivity index (χ0) is 16.7. The van der Waals surface area contributed by atoms with Gasteiger partial charge < -0.3 is 19.1 Å². The highest BCUT2D eigenvalue weighted by molar-refractivity contribution is 14.1. The fourth-order valence-electron chi connectivity index (χ4n) is 2.51. The van der Waals surface area contributed by atoms with E-state index in [1.165, 1.54) is 13.8 Å². The molecule has 0 aromatic heterocycles. The molecular formula is C11H14INO8S. The molecule has 0 aromatic rings. The van der Waals surface area contributed by atoms with Crippen LogP contribution < -0.4 is 0 Å². The molecule has 0 saturated carbocycles. The van der Waals surface area contributed by atoms with Crippen molar-refractivity contribution >= 4 is 50.5 Å². The number of β-lactam (4-membered cyclic amide) rings is 1. The molecule has 2 rings (SSSR count). The molecule has 2 saturated heterocycles. The van der Waals surface area contributed by atoms with Gasteiger partial charge in [0.25, 0.3) is 0 Å². The van der Waals surface area contributed by atoms with E-state index in [9.17, 15) is 22.8 Å². The molecule has 0 radical (unpaired) electrons. The van der Waals surface area contributed by atoms with Crippen LogP contribution in [0.1, 0.15) is 20.3 Å². The number of ether oxygens (including phenoxy) is 3. The summed E-state index contributed by atoms with van der Waals surface area (Å²) in [7, 11) is -3.67. The van der Waals surface area contributed by atoms with Crippen LogP contribution in [0.2, 0.25) is 0 Å². The Bertz CT molecular complexity index is 616. The Hall–Kier alpha value is -1.11. The zero-order valence-electron chi connectivity index (χ0n) is 11.8. The van der Waals surface area contributed by atoms with Gasteiger partial charge in [0.15, 0.2) is 9.84 Å². The Morgan fingerprint density at radius 3 is 2.50 bits per heavy atom. The van der Waals surface area contributed by atoms with E-state index in [1.807, 2.05) is 0 Å². The third-order valence-corrected chi connectivity index (χ3v) is 6.86. The molecule has 0 unspecified atom stereocenters. The summed E-state index contributed by atoms with van der Waals surface area (Å²) in [6.07, 6.45) is -1.15. The average molecular weight is 447 g/mol. The number of halogens is 1. The average Bonchev–Trinajstić information content (AvgIpc) is 2.53. The molecular weight excluding hydrogens is 433 g/mol. The standard InChI is InChI=1S/C11H14INO8S/c1-11(2)8(9(15)20-5-21-10(16)19-4-12)13-6(14)3-7(13)22(11,17)18/h7-8H,3-5H2,1-2H3/t7-,8+/m1/s1. The van der Waals surface area contributed by atoms with E-state index in [-0.39, 0.29) is 11.0 Å². The molecule has 2 atom stereocenters. The Balaban J connectivity index is 2.06. The third kappa shape index (κ3) is 2.53. The van der Waals surface area contributed by atoms with E-state index in [2.05, 4.69) is 9.47 Å². The maximum Gasteiger partial charge on any atom is 0.511 e. The number of hydrogen-bond acceptors (Lipinski definition) is 8. The number of alkyl halides is 1. The van der Waals surface area contributed by atoms with Crippen molar-refractivity contribution in [2.75, 3.05) is 11.4 Å². The van der Waals surface area contributed by atoms with Gasteiger partial charge in [-0.05, 0) is 36.4 Å². The molecule has 0 aliphatic carbocycles. The SMILES string of the molecule is CC1(C)[C@H](C(=O)OCOC(=O)OCI)N2C(=O)C[C@H]2S1(=O)=O. The molecule has 2 heterocycles. The quantitative estimate of drug-likeness (QED) is 0.197. The second kappa shape index (κ2) is 5.83. The van der Waals surface area contributed by atoms with Gasteiger partial charge in [0.1, 0.15) is 16.0 Å². The third-order valence-electron chi connectivity index (χ3n) is 3.75. The van der Waals surface area contributed by atoms with Gasteiger partial charge in [0, 0.05) is 0 Å². The second-order valence-corrected chi connectivity index (χ2v) is 8.55. The molecule has 0 N–H and O–H groups in total. The Labute approximate surface area is 140 Å². The topological polar surface area (TPSA) is 116 Å². The molecule has 2 aliphatic heterocycles. The summed E-state index contributed by atoms with van der Waals surface area (Å²) in [5.74, 6) is -1.36. The predicted molar refractivity (Wildman–Crippen MR) is 79.4 cm³/mol. The van der Waals surface area contributed by atoms with E-state index in [0.29, 0.717) is 0 Å². The number of carbonyl (C=O) groups excluding carboxylic acids is 3. The minimum absolute atomic E-state index is 0.0718. The number of fused-ring (bicyclic) bond motifs is 1. The lowest BCUT2D eigenvalue weighted by Gasteiger charge is -2.36. The van der Waals surface area contributed by atoms with Gasteiger partial charge in [-0.1, -0.05) is 0 Å². The molecule has 11 heteroatoms. The van der Waals surface area contributed by atoms with Crippen molar-refractivity contribution in [1.82, 2.24) is 4.90 Å². The molecule has 0 aromatic carbocycles. The monoisotopic (exact) mass is 447 g/mol. The van der Waals surface area contributed by atoms with Crippen molar-refractivity contribution in [3.63, 3.8) is 0 Å². The van der Waals surface area contributed by atoms with Gasteiger partial charge in [0.05, 0.1) is 11.2 Å². The summed E-state index contributed by atoms with van der Waals surface area (Å²) in [5, 5.41) is -0.988. The van der Waals surface area contributed by atoms with Crippen molar-refractivity contribution in [3.05, 3.63) is 0 Å². The van der Waals surface area contributed by atoms with Crippen molar-refractivity contribution < 1.29 is 37.0 Å². The second-order valence-electron chi connectivity index (χ2n) is 5.24. The first-order chi connectivity index (χ1) is 10.1. The van der Waals surface area contributed by atoms with Crippen LogP contribution in [0.3, 0.4) is 0 Å². The normalized spacial score (nSPS) is 27.6. The zero-order valence-corrected chi connectivity index (χ0v) is 14.7. The first-order valence-electron chi connectivity index (χ1n) is 6.21. The largest absolute Gasteiger partial charge is 0.511 e. The number of hydrogen-bond donors (Lipinski definition) is 0. The maximum atomic E-state index is 12.3. The summed E-state index contributed by atoms with van der Waals surface area (Å²) >= 11 is 1.78. The van der Waals surface area contributed by atoms with Crippen LogP contribution in [0.25, 0.3) is 0 Å². The van der Waals surface area contributed by atoms with Crippen molar-refractivity contribution in [1.29, 1.82) is 0 Å². The Morgan fingerprint density at radius 1 is 1.32 bits per heavy atom. The number of rotatable bonds is 4. The number of nitrogens with zero attached hydrogens (tertiary/aromatic N) is 1. The smallest absolute Gasteiger partial charge is 0.426 e. The van der Waals surface area contributed by atoms with E-state index >= 15 is 0 Å². The lowest BCUT2D eigenvalue weighted by atomic mass is 9.98. The summed E-state index contributed by atoms with van der Waals surface area (Å²) < 4.78 is 36.9. The summed E-state index contributed by atoms with van der Waals surface area (Å²) in [6, 6.07) is -1.26. The minimum atomic E-state index is -3.67. The van der Waals surface area contributed by atoms with E-state index in [0.717, 1.165) is 4.90 Å². The Morgan fingerprint density at radius 2 is 1.95 bits per heavy atom. The van der Waals surface area contributed by atoms with Gasteiger partial charge in [-0.2, -0.15) is 0 Å². The molecule has 2 aliphatic rings. The van der Waals surface area contributed by atoms with Crippen molar-refractivity contribution in [2.24, 2.45) is 0 Å². The fraction of sp³-hybridized carbons (Fsp3) is 0.727. The first-order valence-corrected chi connectivity index (χ1v) is 9.28. The highest BCUT2D eigenvalue weighted by atomic mass is 127. The van der Waals surface area contributed by atoms with Gasteiger partial charge >= 0.3 is 12.1 Å². The molecule has 0 bridgehead atoms. The van der Waals surface area contributed by atoms with Crippen LogP contribution in [0.5, 0.6) is 0 Å². The lowest BCUT2D eigenvalue weighted by molar-refractivity contribution is -0.167. The predicted octanol–water partition coefficient (Wildman–Crippen LogP) is 0.167. The van der Waals surface area contributed by atoms with E-state index < -0.39 is 50.8 Å². The highest BCUT2D eigenvalue weighted by Crippen LogP contribution is 2.45. The number of esters is 1. The molecule has 0 spiro atoms. The molecule has 9 nitrogen and oxygen atoms in total. The first kappa shape index (κ1) is 17.2. The van der Waals surface area contributed by atoms with E-state index in [4.69, 9.17) is 4.74 Å². The molecule has 22 heavy (non-hydrogen) atoms. The fourth-order valence-corrected chi connectivity index (χ4v) is 4.89. The van der Waals surface area contributed by atoms with Gasteiger partial charge in [-0.15, -0.1) is 0 Å². The van der Waals surface area contributed by atoms with Crippen LogP contribution in [-0.2, 0) is 33.6 Å². The number of sulfone groups is 1. The van der Waals surface area contributed by atoms with Crippen molar-refractivity contribution in [3.8, 4) is 0 Å². The van der Waals surface area contributed by atoms with Crippen molar-refractivity contribution in [2.45, 2.75) is 36.4 Å². The van der Waals surface area contributed by atoms with Crippen LogP contribution in [-0.4, -0.2) is 58.9 Å². The van der Waals surface area contributed by atoms with Crippen LogP contribution in [0.4, 0.5) is 4.79 Å². The molecule has 1 amide bonds. The molecule has 124 valence electrons. The Kier molecular flexibility index (Phi) is 4.57. The van der Waals surface area contributed by atoms with Crippen LogP contribution in [0, 0.1) is 0 Å². The number of carbonyl (C=O) groups is 3. The number of amides is 1. The minimum Gasteiger partial charge on any atom is -0.426 e. The van der Waals surface area contributed by atoms with Crippen LogP contribution in [0.15, 0.2) is 0 Å². The molecule has 2 fully saturated rings. The summed E-state index contributed by atoms with van der Waals surface area (Å²) in [4.78, 5) is 35.7. The van der Waals surface area contributed by atoms with Gasteiger partial charge in [-0.25, -0.2) is 18.0 Å². The lowest BCUT2D eigenvalue weighted by Crippen LogP contribution is -2.57. The van der Waals surface area contributed by atoms with Gasteiger partial charge in [-0.3, -0.25) is 4.79 Å². The van der Waals surface area contributed by atoms with Crippen LogP contribution >= 0.6 is 22.6 Å². The van der Waals surface area contributed by atoms with E-state index in [1.54, 1.807) is 22.6 Å². The van der Waals surface area contributed by atoms with Gasteiger partial charge in [0.2, 0.25) is 12.7 Å². The maximum absolute atomic E-state index is 12.3. The highest BCUT2D eigenvalue weighted by Gasteiger charge is 2.68. The summed E-state index contributed by atoms with van der Waals surface area (Å²) in [5.41, 5.74) is 0. The summed E-state index contributed by atoms with van der Waals surface area (Å²) in [6.45, 7) is 2.02.